The van der Waals surface area contributed by atoms with Crippen LogP contribution in [0.15, 0.2) is 60.4 Å². The maximum atomic E-state index is 15.4. The number of benzene rings is 3. The second-order valence-electron chi connectivity index (χ2n) is 17.2. The van der Waals surface area contributed by atoms with E-state index in [1.165, 1.54) is 18.2 Å². The van der Waals surface area contributed by atoms with E-state index in [0.29, 0.717) is 68.8 Å². The van der Waals surface area contributed by atoms with Gasteiger partial charge >= 0.3 is 5.97 Å². The number of nitrogens with zero attached hydrogens (tertiary/aromatic N) is 2. The molecule has 4 heterocycles. The second-order valence-corrected chi connectivity index (χ2v) is 17.2. The number of carbonyl (C=O) groups is 2. The average Bonchev–Trinajstić information content (AvgIpc) is 3.34. The topological polar surface area (TPSA) is 144 Å². The van der Waals surface area contributed by atoms with Crippen LogP contribution in [-0.2, 0) is 41.3 Å². The summed E-state index contributed by atoms with van der Waals surface area (Å²) in [6.45, 7) is 8.34. The van der Waals surface area contributed by atoms with Crippen LogP contribution in [0.4, 0.5) is 0 Å². The lowest BCUT2D eigenvalue weighted by Crippen LogP contribution is -2.48. The van der Waals surface area contributed by atoms with Crippen LogP contribution >= 0.6 is 0 Å². The van der Waals surface area contributed by atoms with Crippen LogP contribution in [-0.4, -0.2) is 128 Å². The highest BCUT2D eigenvalue weighted by Gasteiger charge is 2.45. The maximum absolute atomic E-state index is 15.4. The van der Waals surface area contributed by atoms with Crippen molar-refractivity contribution in [3.05, 3.63) is 93.7 Å². The largest absolute Gasteiger partial charge is 0.493 e. The molecule has 0 aromatic heterocycles. The number of piperidine rings is 1. The van der Waals surface area contributed by atoms with Crippen molar-refractivity contribution >= 4 is 11.9 Å². The first-order valence-corrected chi connectivity index (χ1v) is 23.2. The van der Waals surface area contributed by atoms with Gasteiger partial charge in [0.1, 0.15) is 0 Å². The molecule has 1 amide bonds. The van der Waals surface area contributed by atoms with E-state index < -0.39 is 12.3 Å². The van der Waals surface area contributed by atoms with E-state index in [-0.39, 0.29) is 54.7 Å². The molecule has 3 aromatic carbocycles. The van der Waals surface area contributed by atoms with Gasteiger partial charge in [0.2, 0.25) is 6.29 Å². The molecule has 4 aliphatic heterocycles. The average molecular weight is 901 g/mol. The van der Waals surface area contributed by atoms with Gasteiger partial charge in [-0.3, -0.25) is 9.69 Å². The number of rotatable bonds is 20. The van der Waals surface area contributed by atoms with Crippen molar-refractivity contribution in [2.45, 2.75) is 76.7 Å². The molecule has 0 bridgehead atoms. The van der Waals surface area contributed by atoms with Gasteiger partial charge in [-0.2, -0.15) is 0 Å². The van der Waals surface area contributed by atoms with Crippen LogP contribution in [0.3, 0.4) is 0 Å². The zero-order valence-corrected chi connectivity index (χ0v) is 39.2. The van der Waals surface area contributed by atoms with Gasteiger partial charge in [-0.25, -0.2) is 4.79 Å². The Morgan fingerprint density at radius 1 is 0.769 bits per heavy atom. The molecule has 1 saturated heterocycles. The Labute approximate surface area is 384 Å². The molecule has 0 aliphatic carbocycles. The van der Waals surface area contributed by atoms with Crippen molar-refractivity contribution < 1.29 is 57.3 Å². The van der Waals surface area contributed by atoms with E-state index in [1.807, 2.05) is 30.0 Å². The van der Waals surface area contributed by atoms with Crippen molar-refractivity contribution in [2.75, 3.05) is 94.8 Å². The van der Waals surface area contributed by atoms with Crippen LogP contribution in [0.5, 0.6) is 23.0 Å². The molecule has 14 heteroatoms. The van der Waals surface area contributed by atoms with Gasteiger partial charge in [0.15, 0.2) is 28.8 Å². The summed E-state index contributed by atoms with van der Waals surface area (Å²) in [5, 5.41) is 9.08. The number of aliphatic hydroxyl groups excluding tert-OH is 1. The van der Waals surface area contributed by atoms with Gasteiger partial charge in [-0.05, 0) is 121 Å². The predicted molar refractivity (Wildman–Crippen MR) is 244 cm³/mol. The SMILES string of the molecule is CCO[C@H]1OC(C(=O)N2CCc3cc(OC)c(OC)cc3[C@H]2C[C@H]2C[C@H]3c4cc(OC)c(OC)cc4CCN3C[C@@H]2CC)=C[C@@H](c2ccc(C(=O)OC)cc2)[C@@H]1CCOCCOCCO. The lowest BCUT2D eigenvalue weighted by atomic mass is 9.72. The van der Waals surface area contributed by atoms with Crippen LogP contribution in [0, 0.1) is 17.8 Å². The Kier molecular flexibility index (Phi) is 16.7. The van der Waals surface area contributed by atoms with E-state index in [1.54, 1.807) is 40.6 Å². The molecule has 0 radical (unpaired) electrons. The monoisotopic (exact) mass is 900 g/mol. The fourth-order valence-electron chi connectivity index (χ4n) is 10.6. The third-order valence-electron chi connectivity index (χ3n) is 13.9. The molecule has 354 valence electrons. The Hall–Kier alpha value is -4.86. The molecule has 65 heavy (non-hydrogen) atoms. The third-order valence-corrected chi connectivity index (χ3v) is 13.9. The van der Waals surface area contributed by atoms with Gasteiger partial charge in [-0.15, -0.1) is 0 Å². The van der Waals surface area contributed by atoms with Gasteiger partial charge < -0.3 is 52.6 Å². The molecular formula is C51H68N2O12. The Balaban J connectivity index is 1.24. The summed E-state index contributed by atoms with van der Waals surface area (Å²) in [4.78, 5) is 32.5. The molecular weight excluding hydrogens is 833 g/mol. The first kappa shape index (κ1) is 48.1. The molecule has 0 spiro atoms. The number of hydrogen-bond donors (Lipinski definition) is 1. The minimum absolute atomic E-state index is 0.0483. The highest BCUT2D eigenvalue weighted by Crippen LogP contribution is 2.50. The van der Waals surface area contributed by atoms with Gasteiger partial charge in [0.25, 0.3) is 5.91 Å². The van der Waals surface area contributed by atoms with Crippen LogP contribution < -0.4 is 18.9 Å². The second kappa shape index (κ2) is 22.6. The molecule has 0 saturated carbocycles. The van der Waals surface area contributed by atoms with Crippen LogP contribution in [0.2, 0.25) is 0 Å². The summed E-state index contributed by atoms with van der Waals surface area (Å²) in [5.74, 6) is 2.57. The first-order valence-electron chi connectivity index (χ1n) is 23.2. The summed E-state index contributed by atoms with van der Waals surface area (Å²) in [6, 6.07) is 15.7. The fraction of sp³-hybridized carbons (Fsp3) is 0.569. The van der Waals surface area contributed by atoms with Crippen molar-refractivity contribution in [3.8, 4) is 23.0 Å². The highest BCUT2D eigenvalue weighted by molar-refractivity contribution is 5.92. The maximum Gasteiger partial charge on any atom is 0.337 e. The first-order chi connectivity index (χ1) is 31.7. The number of carbonyl (C=O) groups excluding carboxylic acids is 2. The molecule has 4 aliphatic rings. The lowest BCUT2D eigenvalue weighted by molar-refractivity contribution is -0.173. The lowest BCUT2D eigenvalue weighted by Gasteiger charge is -2.49. The van der Waals surface area contributed by atoms with E-state index >= 15 is 4.79 Å². The Bertz CT molecular complexity index is 2110. The van der Waals surface area contributed by atoms with Crippen molar-refractivity contribution in [1.29, 1.82) is 0 Å². The molecule has 3 aromatic rings. The summed E-state index contributed by atoms with van der Waals surface area (Å²) in [5.41, 5.74) is 6.12. The minimum atomic E-state index is -0.751. The third kappa shape index (κ3) is 10.6. The predicted octanol–water partition coefficient (Wildman–Crippen LogP) is 7.06. The number of fused-ring (bicyclic) bond motifs is 4. The zero-order valence-electron chi connectivity index (χ0n) is 39.2. The van der Waals surface area contributed by atoms with E-state index in [0.717, 1.165) is 67.0 Å². The van der Waals surface area contributed by atoms with Crippen LogP contribution in [0.25, 0.3) is 0 Å². The summed E-state index contributed by atoms with van der Waals surface area (Å²) >= 11 is 0. The van der Waals surface area contributed by atoms with Gasteiger partial charge in [0.05, 0.1) is 73.6 Å². The van der Waals surface area contributed by atoms with Gasteiger partial charge in [-0.1, -0.05) is 25.5 Å². The number of allylic oxidation sites excluding steroid dienone is 1. The zero-order chi connectivity index (χ0) is 46.0. The Morgan fingerprint density at radius 2 is 1.40 bits per heavy atom. The number of hydrogen-bond acceptors (Lipinski definition) is 13. The molecule has 7 atom stereocenters. The number of ether oxygens (including phenoxy) is 9. The smallest absolute Gasteiger partial charge is 0.337 e. The van der Waals surface area contributed by atoms with Crippen molar-refractivity contribution in [1.82, 2.24) is 9.80 Å². The standard InChI is InChI=1S/C51H68N2O12/c1-8-32-31-52-17-14-35-26-44(57-3)46(59-5)29-40(35)42(52)24-37(32)25-43-41-30-47(60-6)45(58-4)27-36(41)15-18-53(43)49(55)48-28-39(33-10-12-34(13-11-33)50(56)61-7)38(51(65-48)64-9-2)16-20-62-22-23-63-21-19-54/h10-13,26-30,32,37-39,42-43,51,54H,8-9,14-25,31H2,1-7H3/t32-,37+,38-,39-,42-,43+,51-/m0/s1. The number of esters is 1. The van der Waals surface area contributed by atoms with E-state index in [2.05, 4.69) is 36.1 Å². The quantitative estimate of drug-likeness (QED) is 0.0914. The normalized spacial score (nSPS) is 23.8. The van der Waals surface area contributed by atoms with E-state index in [4.69, 9.17) is 47.7 Å². The highest BCUT2D eigenvalue weighted by atomic mass is 16.7. The Morgan fingerprint density at radius 3 is 2.03 bits per heavy atom. The summed E-state index contributed by atoms with van der Waals surface area (Å²) in [6.07, 6.45) is 6.05. The summed E-state index contributed by atoms with van der Waals surface area (Å²) < 4.78 is 52.6. The molecule has 0 unspecified atom stereocenters. The molecule has 1 N–H and O–H groups in total. The summed E-state index contributed by atoms with van der Waals surface area (Å²) in [7, 11) is 8.04. The van der Waals surface area contributed by atoms with Crippen LogP contribution in [0.1, 0.15) is 95.7 Å². The number of methoxy groups -OCH3 is 5. The van der Waals surface area contributed by atoms with Crippen molar-refractivity contribution in [2.24, 2.45) is 17.8 Å². The molecule has 7 rings (SSSR count). The number of aliphatic hydroxyl groups is 1. The molecule has 14 nitrogen and oxygen atoms in total. The van der Waals surface area contributed by atoms with Gasteiger partial charge in [0, 0.05) is 50.7 Å². The molecule has 1 fully saturated rings. The fourth-order valence-corrected chi connectivity index (χ4v) is 10.6. The van der Waals surface area contributed by atoms with E-state index in [9.17, 15) is 4.79 Å². The number of amides is 1. The van der Waals surface area contributed by atoms with Crippen molar-refractivity contribution in [3.63, 3.8) is 0 Å². The minimum Gasteiger partial charge on any atom is -0.493 e.